The lowest BCUT2D eigenvalue weighted by molar-refractivity contribution is 0.1000. The van der Waals surface area contributed by atoms with Crippen LogP contribution in [0.25, 0.3) is 0 Å². The average molecular weight is 358 g/mol. The summed E-state index contributed by atoms with van der Waals surface area (Å²) in [4.78, 5) is 11.8. The van der Waals surface area contributed by atoms with E-state index in [1.807, 2.05) is 18.2 Å². The fourth-order valence-corrected chi connectivity index (χ4v) is 4.08. The molecule has 2 aromatic rings. The molecule has 132 valence electrons. The Hall–Kier alpha value is -2.34. The number of carbonyl (C=O) groups is 1. The molecule has 0 fully saturated rings. The first kappa shape index (κ1) is 17.5. The molecule has 0 saturated heterocycles. The van der Waals surface area contributed by atoms with Crippen molar-refractivity contribution in [1.82, 2.24) is 0 Å². The third-order valence-electron chi connectivity index (χ3n) is 4.77. The molecule has 0 aliphatic carbocycles. The van der Waals surface area contributed by atoms with E-state index >= 15 is 0 Å². The first-order valence-corrected chi connectivity index (χ1v) is 9.98. The number of nitrogens with two attached hydrogens (primary N) is 1. The van der Waals surface area contributed by atoms with Crippen molar-refractivity contribution in [3.05, 3.63) is 59.2 Å². The summed E-state index contributed by atoms with van der Waals surface area (Å²) in [5.74, 6) is -0.443. The number of rotatable bonds is 3. The Bertz CT molecular complexity index is 949. The maximum absolute atomic E-state index is 11.8. The van der Waals surface area contributed by atoms with Gasteiger partial charge in [0.05, 0.1) is 10.9 Å². The van der Waals surface area contributed by atoms with E-state index in [1.54, 1.807) is 24.3 Å². The highest BCUT2D eigenvalue weighted by atomic mass is 32.2. The molecular formula is C19H22N2O3S. The zero-order valence-corrected chi connectivity index (χ0v) is 15.4. The van der Waals surface area contributed by atoms with E-state index in [2.05, 4.69) is 19.2 Å². The molecule has 0 saturated carbocycles. The number of hydrogen-bond acceptors (Lipinski definition) is 4. The number of primary amides is 1. The topological polar surface area (TPSA) is 89.3 Å². The number of benzene rings is 2. The van der Waals surface area contributed by atoms with Crippen molar-refractivity contribution in [3.63, 3.8) is 0 Å². The van der Waals surface area contributed by atoms with Crippen molar-refractivity contribution in [2.45, 2.75) is 36.6 Å². The van der Waals surface area contributed by atoms with Crippen LogP contribution >= 0.6 is 0 Å². The van der Waals surface area contributed by atoms with Gasteiger partial charge >= 0.3 is 0 Å². The summed E-state index contributed by atoms with van der Waals surface area (Å²) in [5.41, 5.74) is 8.62. The summed E-state index contributed by atoms with van der Waals surface area (Å²) in [5, 5.41) is 3.47. The molecule has 1 aliphatic heterocycles. The van der Waals surface area contributed by atoms with Crippen LogP contribution in [0, 0.1) is 0 Å². The molecule has 25 heavy (non-hydrogen) atoms. The van der Waals surface area contributed by atoms with Gasteiger partial charge in [-0.05, 0) is 53.3 Å². The van der Waals surface area contributed by atoms with E-state index in [9.17, 15) is 13.2 Å². The summed E-state index contributed by atoms with van der Waals surface area (Å²) in [6.07, 6.45) is 1.99. The number of nitrogens with one attached hydrogen (secondary N) is 1. The summed E-state index contributed by atoms with van der Waals surface area (Å²) < 4.78 is 23.7. The smallest absolute Gasteiger partial charge is 0.248 e. The highest BCUT2D eigenvalue weighted by molar-refractivity contribution is 7.90. The molecular weight excluding hydrogens is 336 g/mol. The van der Waals surface area contributed by atoms with Crippen molar-refractivity contribution < 1.29 is 13.2 Å². The monoisotopic (exact) mass is 358 g/mol. The Balaban J connectivity index is 2.02. The molecule has 1 aliphatic rings. The molecule has 6 heteroatoms. The Morgan fingerprint density at radius 2 is 1.92 bits per heavy atom. The van der Waals surface area contributed by atoms with Gasteiger partial charge in [0.1, 0.15) is 0 Å². The average Bonchev–Trinajstić information content (AvgIpc) is 2.53. The number of sulfone groups is 1. The van der Waals surface area contributed by atoms with Crippen molar-refractivity contribution in [2.24, 2.45) is 5.73 Å². The van der Waals surface area contributed by atoms with Gasteiger partial charge in [-0.25, -0.2) is 8.42 Å². The highest BCUT2D eigenvalue weighted by Gasteiger charge is 2.34. The van der Waals surface area contributed by atoms with Crippen molar-refractivity contribution in [2.75, 3.05) is 11.6 Å². The van der Waals surface area contributed by atoms with Crippen molar-refractivity contribution in [1.29, 1.82) is 0 Å². The maximum Gasteiger partial charge on any atom is 0.248 e. The van der Waals surface area contributed by atoms with Crippen LogP contribution in [0.5, 0.6) is 0 Å². The largest absolute Gasteiger partial charge is 0.378 e. The Labute approximate surface area is 148 Å². The highest BCUT2D eigenvalue weighted by Crippen LogP contribution is 2.44. The molecule has 1 unspecified atom stereocenters. The summed E-state index contributed by atoms with van der Waals surface area (Å²) >= 11 is 0. The van der Waals surface area contributed by atoms with E-state index in [0.29, 0.717) is 10.5 Å². The van der Waals surface area contributed by atoms with Crippen LogP contribution in [0.15, 0.2) is 47.4 Å². The first-order valence-electron chi connectivity index (χ1n) is 8.09. The van der Waals surface area contributed by atoms with Crippen LogP contribution in [-0.4, -0.2) is 20.6 Å². The summed E-state index contributed by atoms with van der Waals surface area (Å²) in [7, 11) is -3.25. The van der Waals surface area contributed by atoms with Gasteiger partial charge in [-0.3, -0.25) is 4.79 Å². The van der Waals surface area contributed by atoms with Crippen molar-refractivity contribution in [3.8, 4) is 0 Å². The second kappa shape index (κ2) is 5.88. The van der Waals surface area contributed by atoms with E-state index in [0.717, 1.165) is 23.2 Å². The zero-order valence-electron chi connectivity index (χ0n) is 14.5. The predicted octanol–water partition coefficient (Wildman–Crippen LogP) is 3.02. The van der Waals surface area contributed by atoms with Gasteiger partial charge in [-0.1, -0.05) is 26.0 Å². The van der Waals surface area contributed by atoms with Gasteiger partial charge in [0, 0.05) is 17.5 Å². The second-order valence-corrected chi connectivity index (χ2v) is 9.27. The number of hydrogen-bond donors (Lipinski definition) is 2. The molecule has 0 radical (unpaired) electrons. The van der Waals surface area contributed by atoms with Gasteiger partial charge in [0.25, 0.3) is 0 Å². The molecule has 2 aromatic carbocycles. The van der Waals surface area contributed by atoms with E-state index in [4.69, 9.17) is 5.73 Å². The number of anilines is 1. The molecule has 3 N–H and O–H groups in total. The fraction of sp³-hybridized carbons (Fsp3) is 0.316. The minimum Gasteiger partial charge on any atom is -0.378 e. The molecule has 1 heterocycles. The third-order valence-corrected chi connectivity index (χ3v) is 5.88. The Kier molecular flexibility index (Phi) is 4.11. The van der Waals surface area contributed by atoms with E-state index in [-0.39, 0.29) is 11.5 Å². The molecule has 0 spiro atoms. The Morgan fingerprint density at radius 1 is 1.20 bits per heavy atom. The van der Waals surface area contributed by atoms with E-state index < -0.39 is 15.7 Å². The molecule has 3 rings (SSSR count). The normalized spacial score (nSPS) is 18.9. The minimum atomic E-state index is -3.25. The number of fused-ring (bicyclic) bond motifs is 1. The van der Waals surface area contributed by atoms with Crippen LogP contribution in [0.2, 0.25) is 0 Å². The van der Waals surface area contributed by atoms with Crippen molar-refractivity contribution >= 4 is 21.4 Å². The first-order chi connectivity index (χ1) is 11.6. The SMILES string of the molecule is CC1(C)CC(c2cccc(S(C)(=O)=O)c2)Nc2ccc(C(N)=O)cc21. The van der Waals surface area contributed by atoms with Crippen LogP contribution in [0.4, 0.5) is 5.69 Å². The number of amides is 1. The molecule has 1 amide bonds. The van der Waals surface area contributed by atoms with Gasteiger partial charge in [0.2, 0.25) is 5.91 Å². The standard InChI is InChI=1S/C19H22N2O3S/c1-19(2)11-17(12-5-4-6-14(9-12)25(3,23)24)21-16-8-7-13(18(20)22)10-15(16)19/h4-10,17,21H,11H2,1-3H3,(H2,20,22). The summed E-state index contributed by atoms with van der Waals surface area (Å²) in [6, 6.07) is 12.4. The van der Waals surface area contributed by atoms with Gasteiger partial charge in [0.15, 0.2) is 9.84 Å². The van der Waals surface area contributed by atoms with Crippen LogP contribution in [-0.2, 0) is 15.3 Å². The predicted molar refractivity (Wildman–Crippen MR) is 98.5 cm³/mol. The zero-order chi connectivity index (χ0) is 18.4. The quantitative estimate of drug-likeness (QED) is 0.882. The Morgan fingerprint density at radius 3 is 2.56 bits per heavy atom. The lowest BCUT2D eigenvalue weighted by Crippen LogP contribution is -2.31. The molecule has 0 aromatic heterocycles. The third kappa shape index (κ3) is 3.39. The van der Waals surface area contributed by atoms with Crippen LogP contribution in [0.3, 0.4) is 0 Å². The number of carbonyl (C=O) groups excluding carboxylic acids is 1. The molecule has 5 nitrogen and oxygen atoms in total. The molecule has 0 bridgehead atoms. The lowest BCUT2D eigenvalue weighted by Gasteiger charge is -2.39. The van der Waals surface area contributed by atoms with Gasteiger partial charge in [-0.2, -0.15) is 0 Å². The lowest BCUT2D eigenvalue weighted by atomic mass is 9.73. The molecule has 1 atom stereocenters. The second-order valence-electron chi connectivity index (χ2n) is 7.25. The van der Waals surface area contributed by atoms with Crippen LogP contribution in [0.1, 0.15) is 47.8 Å². The summed E-state index contributed by atoms with van der Waals surface area (Å²) in [6.45, 7) is 4.23. The van der Waals surface area contributed by atoms with E-state index in [1.165, 1.54) is 6.26 Å². The maximum atomic E-state index is 11.8. The van der Waals surface area contributed by atoms with Gasteiger partial charge in [-0.15, -0.1) is 0 Å². The van der Waals surface area contributed by atoms with Crippen LogP contribution < -0.4 is 11.1 Å². The minimum absolute atomic E-state index is 0.0105. The fourth-order valence-electron chi connectivity index (χ4n) is 3.41. The van der Waals surface area contributed by atoms with Gasteiger partial charge < -0.3 is 11.1 Å².